The lowest BCUT2D eigenvalue weighted by Crippen LogP contribution is -2.45. The summed E-state index contributed by atoms with van der Waals surface area (Å²) in [7, 11) is 0. The fraction of sp³-hybridized carbons (Fsp3) is 0.474. The summed E-state index contributed by atoms with van der Waals surface area (Å²) in [5.74, 6) is 1.67. The van der Waals surface area contributed by atoms with Crippen LogP contribution in [0.5, 0.6) is 0 Å². The summed E-state index contributed by atoms with van der Waals surface area (Å²) in [6.45, 7) is 5.09. The summed E-state index contributed by atoms with van der Waals surface area (Å²) in [4.78, 5) is 18.5. The molecule has 2 atom stereocenters. The molecule has 1 fully saturated rings. The molecule has 0 bridgehead atoms. The summed E-state index contributed by atoms with van der Waals surface area (Å²) in [6, 6.07) is 9.85. The Hall–Kier alpha value is -2.14. The van der Waals surface area contributed by atoms with Gasteiger partial charge in [-0.25, -0.2) is 4.98 Å². The molecule has 0 saturated carbocycles. The third-order valence-corrected chi connectivity index (χ3v) is 4.70. The van der Waals surface area contributed by atoms with Gasteiger partial charge in [0, 0.05) is 31.5 Å². The Bertz CT molecular complexity index is 696. The highest BCUT2D eigenvalue weighted by Gasteiger charge is 2.27. The van der Waals surface area contributed by atoms with Crippen molar-refractivity contribution in [3.63, 3.8) is 0 Å². The first kappa shape index (κ1) is 16.7. The van der Waals surface area contributed by atoms with Crippen LogP contribution in [-0.4, -0.2) is 40.1 Å². The monoisotopic (exact) mass is 328 g/mol. The van der Waals surface area contributed by atoms with E-state index in [0.29, 0.717) is 25.3 Å². The molecule has 0 radical (unpaired) electrons. The van der Waals surface area contributed by atoms with Crippen molar-refractivity contribution in [3.05, 3.63) is 41.9 Å². The van der Waals surface area contributed by atoms with Crippen LogP contribution in [0.1, 0.15) is 31.4 Å². The maximum Gasteiger partial charge on any atom is 0.223 e. The minimum atomic E-state index is -0.420. The molecule has 1 N–H and O–H groups in total. The van der Waals surface area contributed by atoms with Crippen LogP contribution in [0, 0.1) is 12.8 Å². The number of oxazole rings is 1. The van der Waals surface area contributed by atoms with Gasteiger partial charge in [-0.1, -0.05) is 37.3 Å². The van der Waals surface area contributed by atoms with Crippen LogP contribution >= 0.6 is 0 Å². The van der Waals surface area contributed by atoms with Gasteiger partial charge in [-0.15, -0.1) is 0 Å². The number of amides is 1. The first-order valence-corrected chi connectivity index (χ1v) is 8.52. The topological polar surface area (TPSA) is 66.6 Å². The van der Waals surface area contributed by atoms with Crippen molar-refractivity contribution in [2.45, 2.75) is 39.2 Å². The van der Waals surface area contributed by atoms with Crippen molar-refractivity contribution in [3.8, 4) is 11.3 Å². The zero-order valence-electron chi connectivity index (χ0n) is 14.2. The Morgan fingerprint density at radius 2 is 2.12 bits per heavy atom. The average Bonchev–Trinajstić information content (AvgIpc) is 2.97. The molecule has 1 aromatic carbocycles. The molecule has 0 aliphatic carbocycles. The second kappa shape index (κ2) is 7.18. The van der Waals surface area contributed by atoms with Crippen molar-refractivity contribution in [1.82, 2.24) is 9.88 Å². The molecule has 2 heterocycles. The van der Waals surface area contributed by atoms with E-state index in [4.69, 9.17) is 4.42 Å². The summed E-state index contributed by atoms with van der Waals surface area (Å²) in [6.07, 6.45) is 1.27. The lowest BCUT2D eigenvalue weighted by Gasteiger charge is -2.34. The van der Waals surface area contributed by atoms with Gasteiger partial charge < -0.3 is 14.4 Å². The van der Waals surface area contributed by atoms with Crippen LogP contribution in [0.3, 0.4) is 0 Å². The van der Waals surface area contributed by atoms with Gasteiger partial charge in [-0.05, 0) is 19.3 Å². The molecule has 128 valence electrons. The zero-order valence-corrected chi connectivity index (χ0v) is 14.2. The first-order valence-electron chi connectivity index (χ1n) is 8.52. The molecule has 1 aliphatic heterocycles. The number of piperidine rings is 1. The number of aromatic nitrogens is 1. The average molecular weight is 328 g/mol. The van der Waals surface area contributed by atoms with Crippen molar-refractivity contribution < 1.29 is 14.3 Å². The molecule has 1 amide bonds. The second-order valence-electron chi connectivity index (χ2n) is 6.56. The van der Waals surface area contributed by atoms with E-state index < -0.39 is 6.10 Å². The van der Waals surface area contributed by atoms with Crippen molar-refractivity contribution >= 4 is 5.91 Å². The maximum absolute atomic E-state index is 12.3. The van der Waals surface area contributed by atoms with Crippen LogP contribution in [0.2, 0.25) is 0 Å². The molecule has 1 aromatic heterocycles. The van der Waals surface area contributed by atoms with Gasteiger partial charge in [0.2, 0.25) is 5.91 Å². The predicted octanol–water partition coefficient (Wildman–Crippen LogP) is 2.81. The zero-order chi connectivity index (χ0) is 17.1. The first-order chi connectivity index (χ1) is 11.5. The molecule has 2 aromatic rings. The molecule has 24 heavy (non-hydrogen) atoms. The van der Waals surface area contributed by atoms with Gasteiger partial charge in [0.1, 0.15) is 0 Å². The highest BCUT2D eigenvalue weighted by Crippen LogP contribution is 2.25. The van der Waals surface area contributed by atoms with Gasteiger partial charge in [-0.2, -0.15) is 0 Å². The Morgan fingerprint density at radius 1 is 1.38 bits per heavy atom. The van der Waals surface area contributed by atoms with E-state index in [0.717, 1.165) is 30.0 Å². The number of aliphatic hydroxyl groups excluding tert-OH is 1. The fourth-order valence-corrected chi connectivity index (χ4v) is 3.06. The summed E-state index contributed by atoms with van der Waals surface area (Å²) >= 11 is 0. The number of hydrogen-bond donors (Lipinski definition) is 1. The normalized spacial score (nSPS) is 21.0. The number of nitrogens with zero attached hydrogens (tertiary/aromatic N) is 2. The third-order valence-electron chi connectivity index (χ3n) is 4.70. The minimum Gasteiger partial charge on any atom is -0.440 e. The molecule has 2 unspecified atom stereocenters. The number of aliphatic hydroxyl groups is 1. The Labute approximate surface area is 142 Å². The van der Waals surface area contributed by atoms with Crippen LogP contribution in [0.25, 0.3) is 11.3 Å². The van der Waals surface area contributed by atoms with Crippen molar-refractivity contribution in [2.24, 2.45) is 5.92 Å². The van der Waals surface area contributed by atoms with E-state index in [1.54, 1.807) is 4.90 Å². The van der Waals surface area contributed by atoms with E-state index in [1.807, 2.05) is 44.2 Å². The standard InChI is InChI=1S/C19H24N2O3/c1-13-10-11-21(12-16(13)22)18(23)9-8-17-20-14(2)19(24-17)15-6-4-3-5-7-15/h3-7,13,16,22H,8-12H2,1-2H3. The highest BCUT2D eigenvalue weighted by molar-refractivity contribution is 5.76. The molecular weight excluding hydrogens is 304 g/mol. The Balaban J connectivity index is 1.60. The molecule has 1 aliphatic rings. The molecule has 1 saturated heterocycles. The largest absolute Gasteiger partial charge is 0.440 e. The number of rotatable bonds is 4. The number of aryl methyl sites for hydroxylation is 2. The SMILES string of the molecule is Cc1nc(CCC(=O)N2CCC(C)C(O)C2)oc1-c1ccccc1. The smallest absolute Gasteiger partial charge is 0.223 e. The van der Waals surface area contributed by atoms with Gasteiger partial charge in [-0.3, -0.25) is 4.79 Å². The molecule has 0 spiro atoms. The van der Waals surface area contributed by atoms with Gasteiger partial charge in [0.25, 0.3) is 0 Å². The van der Waals surface area contributed by atoms with Crippen molar-refractivity contribution in [1.29, 1.82) is 0 Å². The van der Waals surface area contributed by atoms with Crippen LogP contribution < -0.4 is 0 Å². The highest BCUT2D eigenvalue weighted by atomic mass is 16.4. The van der Waals surface area contributed by atoms with E-state index in [1.165, 1.54) is 0 Å². The number of benzene rings is 1. The molecule has 5 heteroatoms. The molecule has 3 rings (SSSR count). The number of likely N-dealkylation sites (tertiary alicyclic amines) is 1. The van der Waals surface area contributed by atoms with E-state index in [9.17, 15) is 9.90 Å². The van der Waals surface area contributed by atoms with Gasteiger partial charge in [0.05, 0.1) is 11.8 Å². The van der Waals surface area contributed by atoms with Crippen LogP contribution in [0.15, 0.2) is 34.7 Å². The summed E-state index contributed by atoms with van der Waals surface area (Å²) in [5.41, 5.74) is 1.83. The quantitative estimate of drug-likeness (QED) is 0.937. The maximum atomic E-state index is 12.3. The summed E-state index contributed by atoms with van der Waals surface area (Å²) < 4.78 is 5.85. The minimum absolute atomic E-state index is 0.0538. The fourth-order valence-electron chi connectivity index (χ4n) is 3.06. The third kappa shape index (κ3) is 3.67. The second-order valence-corrected chi connectivity index (χ2v) is 6.56. The molecule has 5 nitrogen and oxygen atoms in total. The number of hydrogen-bond acceptors (Lipinski definition) is 4. The number of carbonyl (C=O) groups is 1. The Morgan fingerprint density at radius 3 is 2.83 bits per heavy atom. The lowest BCUT2D eigenvalue weighted by molar-refractivity contribution is -0.135. The van der Waals surface area contributed by atoms with Crippen LogP contribution in [-0.2, 0) is 11.2 Å². The van der Waals surface area contributed by atoms with Crippen LogP contribution in [0.4, 0.5) is 0 Å². The lowest BCUT2D eigenvalue weighted by atomic mass is 9.96. The van der Waals surface area contributed by atoms with E-state index >= 15 is 0 Å². The summed E-state index contributed by atoms with van der Waals surface area (Å²) in [5, 5.41) is 9.92. The van der Waals surface area contributed by atoms with Gasteiger partial charge >= 0.3 is 0 Å². The number of β-amino-alcohol motifs (C(OH)–C–C–N with tert-alkyl or cyclic N) is 1. The van der Waals surface area contributed by atoms with E-state index in [-0.39, 0.29) is 11.8 Å². The number of carbonyl (C=O) groups excluding carboxylic acids is 1. The van der Waals surface area contributed by atoms with E-state index in [2.05, 4.69) is 4.98 Å². The predicted molar refractivity (Wildman–Crippen MR) is 91.4 cm³/mol. The van der Waals surface area contributed by atoms with Crippen molar-refractivity contribution in [2.75, 3.05) is 13.1 Å². The van der Waals surface area contributed by atoms with Gasteiger partial charge in [0.15, 0.2) is 11.7 Å². The Kier molecular flexibility index (Phi) is 5.00. The molecular formula is C19H24N2O3.